The van der Waals surface area contributed by atoms with Crippen LogP contribution in [-0.2, 0) is 6.54 Å². The summed E-state index contributed by atoms with van der Waals surface area (Å²) >= 11 is 0. The second kappa shape index (κ2) is 7.72. The van der Waals surface area contributed by atoms with E-state index in [1.807, 2.05) is 24.3 Å². The SMILES string of the molecule is C#CCN(CC)CCOc1ccccc1CN. The fourth-order valence-electron chi connectivity index (χ4n) is 1.58. The van der Waals surface area contributed by atoms with Gasteiger partial charge in [0.25, 0.3) is 0 Å². The van der Waals surface area contributed by atoms with Crippen LogP contribution in [0.2, 0.25) is 0 Å². The highest BCUT2D eigenvalue weighted by Crippen LogP contribution is 2.16. The molecule has 0 saturated carbocycles. The quantitative estimate of drug-likeness (QED) is 0.724. The van der Waals surface area contributed by atoms with Crippen LogP contribution >= 0.6 is 0 Å². The summed E-state index contributed by atoms with van der Waals surface area (Å²) in [6.45, 7) is 5.65. The lowest BCUT2D eigenvalue weighted by Gasteiger charge is -2.18. The molecule has 2 N–H and O–H groups in total. The highest BCUT2D eigenvalue weighted by atomic mass is 16.5. The molecule has 92 valence electrons. The number of terminal acetylenes is 1. The molecule has 0 bridgehead atoms. The van der Waals surface area contributed by atoms with Crippen molar-refractivity contribution in [3.8, 4) is 18.1 Å². The lowest BCUT2D eigenvalue weighted by molar-refractivity contribution is 0.230. The van der Waals surface area contributed by atoms with Gasteiger partial charge in [0.2, 0.25) is 0 Å². The summed E-state index contributed by atoms with van der Waals surface area (Å²) < 4.78 is 5.72. The molecule has 0 amide bonds. The molecule has 17 heavy (non-hydrogen) atoms. The van der Waals surface area contributed by atoms with Gasteiger partial charge in [-0.3, -0.25) is 4.90 Å². The lowest BCUT2D eigenvalue weighted by Crippen LogP contribution is -2.28. The smallest absolute Gasteiger partial charge is 0.123 e. The van der Waals surface area contributed by atoms with E-state index in [2.05, 4.69) is 17.7 Å². The Morgan fingerprint density at radius 3 is 2.82 bits per heavy atom. The highest BCUT2D eigenvalue weighted by Gasteiger charge is 2.03. The van der Waals surface area contributed by atoms with E-state index in [9.17, 15) is 0 Å². The van der Waals surface area contributed by atoms with Crippen LogP contribution in [0.3, 0.4) is 0 Å². The Bertz CT molecular complexity index is 371. The first kappa shape index (κ1) is 13.6. The molecule has 0 radical (unpaired) electrons. The number of benzene rings is 1. The molecule has 0 aromatic heterocycles. The molecule has 0 aliphatic rings. The first-order valence-electron chi connectivity index (χ1n) is 5.88. The van der Waals surface area contributed by atoms with E-state index in [1.54, 1.807) is 0 Å². The van der Waals surface area contributed by atoms with Gasteiger partial charge in [0.1, 0.15) is 12.4 Å². The molecule has 0 fully saturated rings. The standard InChI is InChI=1S/C14H20N2O/c1-3-9-16(4-2)10-11-17-14-8-6-5-7-13(14)12-15/h1,5-8H,4,9-12,15H2,2H3. The van der Waals surface area contributed by atoms with Crippen molar-refractivity contribution >= 4 is 0 Å². The Kier molecular flexibility index (Phi) is 6.16. The lowest BCUT2D eigenvalue weighted by atomic mass is 10.2. The highest BCUT2D eigenvalue weighted by molar-refractivity contribution is 5.32. The second-order valence-electron chi connectivity index (χ2n) is 3.73. The molecule has 0 aliphatic heterocycles. The Labute approximate surface area is 104 Å². The Hall–Kier alpha value is -1.50. The van der Waals surface area contributed by atoms with Crippen LogP contribution in [0.25, 0.3) is 0 Å². The van der Waals surface area contributed by atoms with E-state index in [1.165, 1.54) is 0 Å². The number of para-hydroxylation sites is 1. The second-order valence-corrected chi connectivity index (χ2v) is 3.73. The number of nitrogens with zero attached hydrogens (tertiary/aromatic N) is 1. The maximum Gasteiger partial charge on any atom is 0.123 e. The van der Waals surface area contributed by atoms with Gasteiger partial charge in [-0.2, -0.15) is 0 Å². The number of nitrogens with two attached hydrogens (primary N) is 1. The van der Waals surface area contributed by atoms with Crippen LogP contribution in [-0.4, -0.2) is 31.1 Å². The van der Waals surface area contributed by atoms with Crippen LogP contribution in [0.1, 0.15) is 12.5 Å². The predicted octanol–water partition coefficient (Wildman–Crippen LogP) is 1.48. The van der Waals surface area contributed by atoms with Gasteiger partial charge in [0, 0.05) is 18.7 Å². The fourth-order valence-corrected chi connectivity index (χ4v) is 1.58. The maximum atomic E-state index is 5.72. The van der Waals surface area contributed by atoms with Crippen molar-refractivity contribution in [2.45, 2.75) is 13.5 Å². The number of rotatable bonds is 7. The Morgan fingerprint density at radius 2 is 2.18 bits per heavy atom. The number of ether oxygens (including phenoxy) is 1. The Morgan fingerprint density at radius 1 is 1.41 bits per heavy atom. The third kappa shape index (κ3) is 4.48. The van der Waals surface area contributed by atoms with Gasteiger partial charge < -0.3 is 10.5 Å². The monoisotopic (exact) mass is 232 g/mol. The zero-order valence-corrected chi connectivity index (χ0v) is 10.4. The van der Waals surface area contributed by atoms with Gasteiger partial charge in [-0.1, -0.05) is 31.0 Å². The van der Waals surface area contributed by atoms with Crippen LogP contribution in [0.5, 0.6) is 5.75 Å². The first-order chi connectivity index (χ1) is 8.31. The normalized spacial score (nSPS) is 10.2. The topological polar surface area (TPSA) is 38.5 Å². The molecule has 0 heterocycles. The van der Waals surface area contributed by atoms with Crippen molar-refractivity contribution in [3.63, 3.8) is 0 Å². The van der Waals surface area contributed by atoms with Gasteiger partial charge in [-0.15, -0.1) is 6.42 Å². The van der Waals surface area contributed by atoms with E-state index < -0.39 is 0 Å². The summed E-state index contributed by atoms with van der Waals surface area (Å²) in [5.74, 6) is 3.51. The van der Waals surface area contributed by atoms with Crippen LogP contribution in [0, 0.1) is 12.3 Å². The molecular weight excluding hydrogens is 212 g/mol. The number of hydrogen-bond donors (Lipinski definition) is 1. The summed E-state index contributed by atoms with van der Waals surface area (Å²) in [4.78, 5) is 2.16. The molecule has 3 heteroatoms. The van der Waals surface area contributed by atoms with Crippen LogP contribution in [0.15, 0.2) is 24.3 Å². The summed E-state index contributed by atoms with van der Waals surface area (Å²) in [6, 6.07) is 7.84. The molecule has 1 aromatic rings. The Balaban J connectivity index is 2.42. The molecule has 0 unspecified atom stereocenters. The number of likely N-dealkylation sites (N-methyl/N-ethyl adjacent to an activating group) is 1. The van der Waals surface area contributed by atoms with E-state index in [0.717, 1.165) is 24.4 Å². The largest absolute Gasteiger partial charge is 0.492 e. The fraction of sp³-hybridized carbons (Fsp3) is 0.429. The summed E-state index contributed by atoms with van der Waals surface area (Å²) in [5, 5.41) is 0. The third-order valence-corrected chi connectivity index (χ3v) is 2.62. The van der Waals surface area contributed by atoms with Crippen molar-refractivity contribution in [2.75, 3.05) is 26.2 Å². The average Bonchev–Trinajstić information content (AvgIpc) is 2.38. The van der Waals surface area contributed by atoms with Gasteiger partial charge in [-0.25, -0.2) is 0 Å². The van der Waals surface area contributed by atoms with Gasteiger partial charge in [-0.05, 0) is 12.6 Å². The van der Waals surface area contributed by atoms with Crippen molar-refractivity contribution in [2.24, 2.45) is 5.73 Å². The van der Waals surface area contributed by atoms with Crippen molar-refractivity contribution < 1.29 is 4.74 Å². The molecule has 0 atom stereocenters. The zero-order chi connectivity index (χ0) is 12.5. The van der Waals surface area contributed by atoms with Crippen molar-refractivity contribution in [1.29, 1.82) is 0 Å². The average molecular weight is 232 g/mol. The first-order valence-corrected chi connectivity index (χ1v) is 5.88. The summed E-state index contributed by atoms with van der Waals surface area (Å²) in [6.07, 6.45) is 5.28. The maximum absolute atomic E-state index is 5.72. The zero-order valence-electron chi connectivity index (χ0n) is 10.4. The van der Waals surface area contributed by atoms with Gasteiger partial charge in [0.15, 0.2) is 0 Å². The van der Waals surface area contributed by atoms with Crippen molar-refractivity contribution in [1.82, 2.24) is 4.90 Å². The molecule has 3 nitrogen and oxygen atoms in total. The molecule has 1 aromatic carbocycles. The summed E-state index contributed by atoms with van der Waals surface area (Å²) in [5.41, 5.74) is 6.67. The molecule has 0 spiro atoms. The van der Waals surface area contributed by atoms with E-state index in [4.69, 9.17) is 16.9 Å². The minimum Gasteiger partial charge on any atom is -0.492 e. The number of hydrogen-bond acceptors (Lipinski definition) is 3. The molecule has 1 rings (SSSR count). The van der Waals surface area contributed by atoms with E-state index >= 15 is 0 Å². The van der Waals surface area contributed by atoms with E-state index in [-0.39, 0.29) is 0 Å². The summed E-state index contributed by atoms with van der Waals surface area (Å²) in [7, 11) is 0. The van der Waals surface area contributed by atoms with Gasteiger partial charge in [0.05, 0.1) is 6.54 Å². The van der Waals surface area contributed by atoms with E-state index in [0.29, 0.717) is 19.7 Å². The molecule has 0 saturated heterocycles. The third-order valence-electron chi connectivity index (χ3n) is 2.62. The minimum atomic E-state index is 0.498. The molecule has 0 aliphatic carbocycles. The van der Waals surface area contributed by atoms with Gasteiger partial charge >= 0.3 is 0 Å². The predicted molar refractivity (Wildman–Crippen MR) is 70.8 cm³/mol. The minimum absolute atomic E-state index is 0.498. The molecular formula is C14H20N2O. The van der Waals surface area contributed by atoms with Crippen molar-refractivity contribution in [3.05, 3.63) is 29.8 Å². The van der Waals surface area contributed by atoms with Crippen LogP contribution in [0.4, 0.5) is 0 Å². The van der Waals surface area contributed by atoms with Crippen LogP contribution < -0.4 is 10.5 Å².